The summed E-state index contributed by atoms with van der Waals surface area (Å²) in [6, 6.07) is 0. The lowest BCUT2D eigenvalue weighted by Gasteiger charge is -2.22. The molecule has 0 spiro atoms. The molecule has 1 rings (SSSR count). The lowest BCUT2D eigenvalue weighted by atomic mass is 10.2. The van der Waals surface area contributed by atoms with Gasteiger partial charge in [0.2, 0.25) is 5.91 Å². The van der Waals surface area contributed by atoms with E-state index in [2.05, 4.69) is 10.3 Å². The molecule has 0 aliphatic rings. The number of anilines is 1. The molecule has 102 valence electrons. The molecule has 1 amide bonds. The fourth-order valence-corrected chi connectivity index (χ4v) is 1.97. The van der Waals surface area contributed by atoms with Gasteiger partial charge in [0, 0.05) is 18.2 Å². The Bertz CT molecular complexity index is 534. The summed E-state index contributed by atoms with van der Waals surface area (Å²) in [5.74, 6) is -0.267. The molecule has 0 atom stereocenters. The van der Waals surface area contributed by atoms with E-state index < -0.39 is 14.6 Å². The van der Waals surface area contributed by atoms with Crippen molar-refractivity contribution in [3.05, 3.63) is 11.1 Å². The minimum absolute atomic E-state index is 0.0737. The second kappa shape index (κ2) is 5.23. The standard InChI is InChI=1S/C10H17N3O3S2/c1-10(2,18(3,15)16)6-12-8(14)4-7-5-17-9(11)13-7/h5H,4,6H2,1-3H3,(H2,11,13)(H,12,14). The fourth-order valence-electron chi connectivity index (χ4n) is 1.07. The average molecular weight is 291 g/mol. The summed E-state index contributed by atoms with van der Waals surface area (Å²) in [5, 5.41) is 4.71. The highest BCUT2D eigenvalue weighted by Gasteiger charge is 2.30. The molecule has 0 saturated heterocycles. The van der Waals surface area contributed by atoms with Crippen molar-refractivity contribution in [2.75, 3.05) is 18.5 Å². The Balaban J connectivity index is 2.52. The molecule has 1 aromatic heterocycles. The van der Waals surface area contributed by atoms with E-state index in [4.69, 9.17) is 5.73 Å². The van der Waals surface area contributed by atoms with Crippen LogP contribution in [0.15, 0.2) is 5.38 Å². The van der Waals surface area contributed by atoms with Gasteiger partial charge in [0.25, 0.3) is 0 Å². The predicted molar refractivity (Wildman–Crippen MR) is 72.2 cm³/mol. The largest absolute Gasteiger partial charge is 0.375 e. The van der Waals surface area contributed by atoms with Crippen molar-refractivity contribution in [3.63, 3.8) is 0 Å². The SMILES string of the molecule is CC(C)(CNC(=O)Cc1csc(N)n1)S(C)(=O)=O. The molecule has 0 unspecified atom stereocenters. The minimum atomic E-state index is -3.22. The molecule has 0 radical (unpaired) electrons. The lowest BCUT2D eigenvalue weighted by molar-refractivity contribution is -0.120. The number of nitrogens with one attached hydrogen (secondary N) is 1. The number of rotatable bonds is 5. The average Bonchev–Trinajstić information content (AvgIpc) is 2.59. The fraction of sp³-hybridized carbons (Fsp3) is 0.600. The number of amides is 1. The van der Waals surface area contributed by atoms with Crippen molar-refractivity contribution in [3.8, 4) is 0 Å². The summed E-state index contributed by atoms with van der Waals surface area (Å²) in [6.45, 7) is 3.22. The van der Waals surface area contributed by atoms with Crippen LogP contribution in [0, 0.1) is 0 Å². The van der Waals surface area contributed by atoms with E-state index in [1.165, 1.54) is 11.3 Å². The van der Waals surface area contributed by atoms with Crippen molar-refractivity contribution in [1.29, 1.82) is 0 Å². The molecule has 0 aliphatic heterocycles. The van der Waals surface area contributed by atoms with E-state index in [9.17, 15) is 13.2 Å². The molecule has 1 heterocycles. The number of sulfone groups is 1. The Morgan fingerprint density at radius 3 is 2.61 bits per heavy atom. The first kappa shape index (κ1) is 14.9. The summed E-state index contributed by atoms with van der Waals surface area (Å²) in [6.07, 6.45) is 1.26. The first-order valence-electron chi connectivity index (χ1n) is 5.28. The van der Waals surface area contributed by atoms with Crippen LogP contribution in [0.4, 0.5) is 5.13 Å². The molecule has 18 heavy (non-hydrogen) atoms. The van der Waals surface area contributed by atoms with E-state index in [0.29, 0.717) is 10.8 Å². The predicted octanol–water partition coefficient (Wildman–Crippen LogP) is 0.207. The Hall–Kier alpha value is -1.15. The first-order chi connectivity index (χ1) is 8.12. The molecular formula is C10H17N3O3S2. The van der Waals surface area contributed by atoms with Crippen molar-refractivity contribution < 1.29 is 13.2 Å². The summed E-state index contributed by atoms with van der Waals surface area (Å²) in [4.78, 5) is 15.6. The number of nitrogens with zero attached hydrogens (tertiary/aromatic N) is 1. The van der Waals surface area contributed by atoms with Gasteiger partial charge in [-0.25, -0.2) is 13.4 Å². The molecule has 6 nitrogen and oxygen atoms in total. The monoisotopic (exact) mass is 291 g/mol. The van der Waals surface area contributed by atoms with Crippen LogP contribution in [-0.4, -0.2) is 36.9 Å². The van der Waals surface area contributed by atoms with Gasteiger partial charge in [-0.3, -0.25) is 4.79 Å². The van der Waals surface area contributed by atoms with Gasteiger partial charge in [-0.05, 0) is 13.8 Å². The summed E-state index contributed by atoms with van der Waals surface area (Å²) < 4.78 is 21.9. The minimum Gasteiger partial charge on any atom is -0.375 e. The van der Waals surface area contributed by atoms with Gasteiger partial charge >= 0.3 is 0 Å². The summed E-state index contributed by atoms with van der Waals surface area (Å²) in [5.41, 5.74) is 6.04. The van der Waals surface area contributed by atoms with Crippen molar-refractivity contribution in [2.45, 2.75) is 25.0 Å². The van der Waals surface area contributed by atoms with Crippen LogP contribution in [0.25, 0.3) is 0 Å². The number of hydrogen-bond acceptors (Lipinski definition) is 6. The molecule has 0 bridgehead atoms. The van der Waals surface area contributed by atoms with Crippen LogP contribution in [0.3, 0.4) is 0 Å². The Kier molecular flexibility index (Phi) is 4.33. The highest BCUT2D eigenvalue weighted by atomic mass is 32.2. The summed E-state index contributed by atoms with van der Waals surface area (Å²) >= 11 is 1.27. The zero-order valence-electron chi connectivity index (χ0n) is 10.6. The maximum Gasteiger partial charge on any atom is 0.226 e. The number of carbonyl (C=O) groups is 1. The molecule has 0 saturated carbocycles. The number of hydrogen-bond donors (Lipinski definition) is 2. The van der Waals surface area contributed by atoms with Gasteiger partial charge in [0.15, 0.2) is 15.0 Å². The number of carbonyl (C=O) groups excluding carboxylic acids is 1. The molecule has 8 heteroatoms. The maximum atomic E-state index is 11.6. The molecule has 3 N–H and O–H groups in total. The van der Waals surface area contributed by atoms with Gasteiger partial charge in [-0.2, -0.15) is 0 Å². The van der Waals surface area contributed by atoms with Gasteiger partial charge in [-0.15, -0.1) is 11.3 Å². The van der Waals surface area contributed by atoms with Crippen LogP contribution in [0.1, 0.15) is 19.5 Å². The van der Waals surface area contributed by atoms with Gasteiger partial charge in [0.1, 0.15) is 0 Å². The van der Waals surface area contributed by atoms with Crippen LogP contribution in [-0.2, 0) is 21.1 Å². The smallest absolute Gasteiger partial charge is 0.226 e. The third-order valence-corrected chi connectivity index (χ3v) is 5.50. The highest BCUT2D eigenvalue weighted by Crippen LogP contribution is 2.14. The Labute approximate surface area is 111 Å². The van der Waals surface area contributed by atoms with Crippen molar-refractivity contribution in [2.24, 2.45) is 0 Å². The third kappa shape index (κ3) is 3.95. The normalized spacial score (nSPS) is 12.4. The lowest BCUT2D eigenvalue weighted by Crippen LogP contribution is -2.44. The van der Waals surface area contributed by atoms with Crippen LogP contribution in [0.5, 0.6) is 0 Å². The first-order valence-corrected chi connectivity index (χ1v) is 8.05. The Morgan fingerprint density at radius 1 is 1.56 bits per heavy atom. The van der Waals surface area contributed by atoms with E-state index in [1.807, 2.05) is 0 Å². The second-order valence-electron chi connectivity index (χ2n) is 4.66. The zero-order chi connectivity index (χ0) is 14.0. The van der Waals surface area contributed by atoms with Crippen LogP contribution in [0.2, 0.25) is 0 Å². The number of nitrogen functional groups attached to an aromatic ring is 1. The van der Waals surface area contributed by atoms with Gasteiger partial charge in [0.05, 0.1) is 16.9 Å². The number of nitrogens with two attached hydrogens (primary N) is 1. The van der Waals surface area contributed by atoms with Crippen LogP contribution >= 0.6 is 11.3 Å². The molecular weight excluding hydrogens is 274 g/mol. The highest BCUT2D eigenvalue weighted by molar-refractivity contribution is 7.92. The van der Waals surface area contributed by atoms with Crippen LogP contribution < -0.4 is 11.1 Å². The van der Waals surface area contributed by atoms with E-state index in [1.54, 1.807) is 19.2 Å². The topological polar surface area (TPSA) is 102 Å². The van der Waals surface area contributed by atoms with E-state index in [-0.39, 0.29) is 18.9 Å². The zero-order valence-corrected chi connectivity index (χ0v) is 12.2. The molecule has 0 aliphatic carbocycles. The van der Waals surface area contributed by atoms with E-state index >= 15 is 0 Å². The Morgan fingerprint density at radius 2 is 2.17 bits per heavy atom. The second-order valence-corrected chi connectivity index (χ2v) is 8.20. The third-order valence-electron chi connectivity index (χ3n) is 2.63. The molecule has 1 aromatic rings. The molecule has 0 aromatic carbocycles. The maximum absolute atomic E-state index is 11.6. The van der Waals surface area contributed by atoms with Gasteiger partial charge in [-0.1, -0.05) is 0 Å². The molecule has 0 fully saturated rings. The van der Waals surface area contributed by atoms with Crippen molar-refractivity contribution >= 4 is 32.2 Å². The number of thiazole rings is 1. The quantitative estimate of drug-likeness (QED) is 0.807. The van der Waals surface area contributed by atoms with Gasteiger partial charge < -0.3 is 11.1 Å². The van der Waals surface area contributed by atoms with E-state index in [0.717, 1.165) is 6.26 Å². The summed E-state index contributed by atoms with van der Waals surface area (Å²) in [7, 11) is -3.22. The number of aromatic nitrogens is 1. The van der Waals surface area contributed by atoms with Crippen molar-refractivity contribution in [1.82, 2.24) is 10.3 Å².